The van der Waals surface area contributed by atoms with Crippen molar-refractivity contribution in [1.82, 2.24) is 4.57 Å². The van der Waals surface area contributed by atoms with Gasteiger partial charge >= 0.3 is 0 Å². The van der Waals surface area contributed by atoms with Gasteiger partial charge in [0.25, 0.3) is 5.82 Å². The highest BCUT2D eigenvalue weighted by Gasteiger charge is 2.31. The quantitative estimate of drug-likeness (QED) is 0.285. The van der Waals surface area contributed by atoms with E-state index < -0.39 is 0 Å². The molecule has 0 saturated heterocycles. The van der Waals surface area contributed by atoms with Crippen LogP contribution in [-0.2, 0) is 6.54 Å². The van der Waals surface area contributed by atoms with Gasteiger partial charge in [0.1, 0.15) is 24.6 Å². The molecule has 1 aliphatic rings. The SMILES string of the molecule is [C-]#[N+]c1ccc2c(c1)-c1n(-c3c(C)cc(-c4ccccc4)cc3C)cc[n+]1C2. The summed E-state index contributed by atoms with van der Waals surface area (Å²) in [5.41, 5.74) is 9.30. The Morgan fingerprint density at radius 3 is 2.39 bits per heavy atom. The monoisotopic (exact) mass is 362 g/mol. The Balaban J connectivity index is 1.68. The van der Waals surface area contributed by atoms with E-state index in [1.165, 1.54) is 33.5 Å². The van der Waals surface area contributed by atoms with Crippen LogP contribution in [0.3, 0.4) is 0 Å². The average Bonchev–Trinajstić information content (AvgIpc) is 3.27. The summed E-state index contributed by atoms with van der Waals surface area (Å²) >= 11 is 0. The predicted molar refractivity (Wildman–Crippen MR) is 112 cm³/mol. The maximum atomic E-state index is 7.36. The number of aryl methyl sites for hydroxylation is 2. The van der Waals surface area contributed by atoms with Crippen LogP contribution in [0, 0.1) is 20.4 Å². The summed E-state index contributed by atoms with van der Waals surface area (Å²) in [5, 5.41) is 0. The molecule has 0 radical (unpaired) electrons. The lowest BCUT2D eigenvalue weighted by Crippen LogP contribution is -2.30. The minimum atomic E-state index is 0.688. The van der Waals surface area contributed by atoms with Gasteiger partial charge in [-0.05, 0) is 54.3 Å². The standard InChI is InChI=1S/C25H20N3/c1-17-13-21(19-7-5-4-6-8-19)14-18(2)24(17)28-12-11-27-16-20-9-10-22(26-3)15-23(20)25(27)28/h4-15H,16H2,1-2H3/q+1. The van der Waals surface area contributed by atoms with Gasteiger partial charge in [-0.15, -0.1) is 0 Å². The molecule has 3 heteroatoms. The first-order valence-electron chi connectivity index (χ1n) is 9.44. The maximum Gasteiger partial charge on any atom is 0.293 e. The molecule has 134 valence electrons. The fraction of sp³-hybridized carbons (Fsp3) is 0.120. The summed E-state index contributed by atoms with van der Waals surface area (Å²) in [6.45, 7) is 12.6. The Morgan fingerprint density at radius 1 is 0.929 bits per heavy atom. The van der Waals surface area contributed by atoms with E-state index in [1.54, 1.807) is 0 Å². The molecule has 0 spiro atoms. The molecule has 3 aromatic carbocycles. The Kier molecular flexibility index (Phi) is 3.67. The lowest BCUT2D eigenvalue weighted by atomic mass is 9.98. The highest BCUT2D eigenvalue weighted by molar-refractivity contribution is 5.72. The largest absolute Gasteiger partial charge is 0.293 e. The third kappa shape index (κ3) is 2.46. The molecule has 0 aliphatic carbocycles. The van der Waals surface area contributed by atoms with Crippen molar-refractivity contribution in [3.05, 3.63) is 101 Å². The van der Waals surface area contributed by atoms with Crippen molar-refractivity contribution < 1.29 is 4.57 Å². The van der Waals surface area contributed by atoms with Crippen LogP contribution in [-0.4, -0.2) is 4.57 Å². The third-order valence-electron chi connectivity index (χ3n) is 5.54. The van der Waals surface area contributed by atoms with Crippen molar-refractivity contribution in [3.63, 3.8) is 0 Å². The molecule has 0 bridgehead atoms. The first-order chi connectivity index (χ1) is 13.7. The average molecular weight is 362 g/mol. The number of benzene rings is 3. The van der Waals surface area contributed by atoms with Crippen LogP contribution in [0.15, 0.2) is 73.1 Å². The summed E-state index contributed by atoms with van der Waals surface area (Å²) in [7, 11) is 0. The number of nitrogens with zero attached hydrogens (tertiary/aromatic N) is 3. The molecule has 1 aliphatic heterocycles. The molecule has 0 N–H and O–H groups in total. The molecule has 0 fully saturated rings. The topological polar surface area (TPSA) is 13.2 Å². The van der Waals surface area contributed by atoms with Crippen LogP contribution >= 0.6 is 0 Å². The van der Waals surface area contributed by atoms with Gasteiger partial charge in [-0.1, -0.05) is 42.5 Å². The molecule has 5 rings (SSSR count). The molecule has 0 atom stereocenters. The van der Waals surface area contributed by atoms with Gasteiger partial charge in [0, 0.05) is 5.56 Å². The Bertz CT molecular complexity index is 1230. The van der Waals surface area contributed by atoms with E-state index in [9.17, 15) is 0 Å². The van der Waals surface area contributed by atoms with Crippen molar-refractivity contribution >= 4 is 5.69 Å². The normalized spacial score (nSPS) is 11.8. The molecule has 3 nitrogen and oxygen atoms in total. The fourth-order valence-electron chi connectivity index (χ4n) is 4.32. The van der Waals surface area contributed by atoms with Crippen LogP contribution in [0.4, 0.5) is 5.69 Å². The van der Waals surface area contributed by atoms with Gasteiger partial charge in [-0.3, -0.25) is 0 Å². The molecule has 2 heterocycles. The van der Waals surface area contributed by atoms with Gasteiger partial charge in [-0.25, -0.2) is 9.41 Å². The highest BCUT2D eigenvalue weighted by atomic mass is 15.2. The van der Waals surface area contributed by atoms with Crippen LogP contribution in [0.2, 0.25) is 0 Å². The van der Waals surface area contributed by atoms with Gasteiger partial charge in [0.05, 0.1) is 12.1 Å². The molecular weight excluding hydrogens is 342 g/mol. The minimum absolute atomic E-state index is 0.688. The van der Waals surface area contributed by atoms with E-state index in [1.807, 2.05) is 18.2 Å². The van der Waals surface area contributed by atoms with Crippen LogP contribution < -0.4 is 4.57 Å². The van der Waals surface area contributed by atoms with E-state index in [0.717, 1.165) is 17.9 Å². The number of hydrogen-bond acceptors (Lipinski definition) is 0. The molecule has 0 amide bonds. The summed E-state index contributed by atoms with van der Waals surface area (Å²) in [4.78, 5) is 3.62. The summed E-state index contributed by atoms with van der Waals surface area (Å²) in [6, 6.07) is 21.0. The molecule has 4 aromatic rings. The summed E-state index contributed by atoms with van der Waals surface area (Å²) in [5.74, 6) is 1.15. The summed E-state index contributed by atoms with van der Waals surface area (Å²) < 4.78 is 4.54. The van der Waals surface area contributed by atoms with Crippen molar-refractivity contribution in [3.8, 4) is 28.2 Å². The van der Waals surface area contributed by atoms with Gasteiger partial charge < -0.3 is 0 Å². The minimum Gasteiger partial charge on any atom is -0.238 e. The lowest BCUT2D eigenvalue weighted by Gasteiger charge is -2.11. The first-order valence-corrected chi connectivity index (χ1v) is 9.44. The van der Waals surface area contributed by atoms with Crippen LogP contribution in [0.5, 0.6) is 0 Å². The van der Waals surface area contributed by atoms with Gasteiger partial charge in [0.2, 0.25) is 0 Å². The van der Waals surface area contributed by atoms with E-state index in [-0.39, 0.29) is 0 Å². The van der Waals surface area contributed by atoms with E-state index in [4.69, 9.17) is 6.57 Å². The second kappa shape index (κ2) is 6.21. The zero-order chi connectivity index (χ0) is 19.3. The number of fused-ring (bicyclic) bond motifs is 3. The summed E-state index contributed by atoms with van der Waals surface area (Å²) in [6.07, 6.45) is 4.27. The molecule has 1 aromatic heterocycles. The lowest BCUT2D eigenvalue weighted by molar-refractivity contribution is -0.671. The molecular formula is C25H20N3+. The number of aromatic nitrogens is 2. The number of imidazole rings is 1. The van der Waals surface area contributed by atoms with E-state index >= 15 is 0 Å². The van der Waals surface area contributed by atoms with E-state index in [0.29, 0.717) is 5.69 Å². The molecule has 28 heavy (non-hydrogen) atoms. The fourth-order valence-corrected chi connectivity index (χ4v) is 4.32. The van der Waals surface area contributed by atoms with Gasteiger partial charge in [-0.2, -0.15) is 4.57 Å². The Hall–Kier alpha value is -3.64. The third-order valence-corrected chi connectivity index (χ3v) is 5.54. The maximum absolute atomic E-state index is 7.36. The smallest absolute Gasteiger partial charge is 0.238 e. The number of hydrogen-bond donors (Lipinski definition) is 0. The van der Waals surface area contributed by atoms with Crippen molar-refractivity contribution in [2.75, 3.05) is 0 Å². The second-order valence-corrected chi connectivity index (χ2v) is 7.40. The second-order valence-electron chi connectivity index (χ2n) is 7.40. The zero-order valence-corrected chi connectivity index (χ0v) is 16.0. The number of rotatable bonds is 2. The van der Waals surface area contributed by atoms with Crippen LogP contribution in [0.25, 0.3) is 33.0 Å². The van der Waals surface area contributed by atoms with Crippen LogP contribution in [0.1, 0.15) is 16.7 Å². The Morgan fingerprint density at radius 2 is 1.68 bits per heavy atom. The first kappa shape index (κ1) is 16.5. The van der Waals surface area contributed by atoms with Gasteiger partial charge in [0.15, 0.2) is 5.69 Å². The molecule has 0 saturated carbocycles. The van der Waals surface area contributed by atoms with Crippen molar-refractivity contribution in [2.45, 2.75) is 20.4 Å². The zero-order valence-electron chi connectivity index (χ0n) is 16.0. The molecule has 0 unspecified atom stereocenters. The Labute approximate surface area is 165 Å². The van der Waals surface area contributed by atoms with Crippen molar-refractivity contribution in [2.24, 2.45) is 0 Å². The van der Waals surface area contributed by atoms with E-state index in [2.05, 4.69) is 82.7 Å². The highest BCUT2D eigenvalue weighted by Crippen LogP contribution is 2.35. The van der Waals surface area contributed by atoms with Crippen molar-refractivity contribution in [1.29, 1.82) is 0 Å². The predicted octanol–water partition coefficient (Wildman–Crippen LogP) is 5.63.